The van der Waals surface area contributed by atoms with Crippen LogP contribution >= 0.6 is 0 Å². The number of benzene rings is 1. The largest absolute Gasteiger partial charge is 0.481 e. The number of carboxylic acids is 1. The van der Waals surface area contributed by atoms with Crippen LogP contribution in [0.25, 0.3) is 0 Å². The van der Waals surface area contributed by atoms with Crippen LogP contribution in [0.3, 0.4) is 0 Å². The summed E-state index contributed by atoms with van der Waals surface area (Å²) in [7, 11) is -3.37. The summed E-state index contributed by atoms with van der Waals surface area (Å²) in [6.07, 6.45) is 0.464. The molecular weight excluding hydrogens is 266 g/mol. The first kappa shape index (κ1) is 15.5. The SMILES string of the molecule is CC(C)CCS(=O)(=O)Nc1cccc(CC(=O)O)c1. The van der Waals surface area contributed by atoms with Crippen molar-refractivity contribution >= 4 is 21.7 Å². The Morgan fingerprint density at radius 2 is 2.05 bits per heavy atom. The fraction of sp³-hybridized carbons (Fsp3) is 0.462. The van der Waals surface area contributed by atoms with E-state index in [2.05, 4.69) is 4.72 Å². The Morgan fingerprint density at radius 1 is 1.37 bits per heavy atom. The fourth-order valence-corrected chi connectivity index (χ4v) is 2.91. The maximum absolute atomic E-state index is 11.8. The van der Waals surface area contributed by atoms with Crippen molar-refractivity contribution in [1.82, 2.24) is 0 Å². The van der Waals surface area contributed by atoms with Gasteiger partial charge in [-0.2, -0.15) is 0 Å². The zero-order chi connectivity index (χ0) is 14.5. The molecule has 0 aliphatic rings. The van der Waals surface area contributed by atoms with Gasteiger partial charge >= 0.3 is 5.97 Å². The highest BCUT2D eigenvalue weighted by Crippen LogP contribution is 2.14. The van der Waals surface area contributed by atoms with Gasteiger partial charge in [-0.3, -0.25) is 9.52 Å². The van der Waals surface area contributed by atoms with Gasteiger partial charge in [0.15, 0.2) is 0 Å². The molecule has 6 heteroatoms. The van der Waals surface area contributed by atoms with Crippen molar-refractivity contribution in [2.24, 2.45) is 5.92 Å². The predicted molar refractivity (Wildman–Crippen MR) is 74.6 cm³/mol. The van der Waals surface area contributed by atoms with E-state index in [9.17, 15) is 13.2 Å². The summed E-state index contributed by atoms with van der Waals surface area (Å²) in [5.74, 6) is -0.567. The second-order valence-corrected chi connectivity index (χ2v) is 6.72. The topological polar surface area (TPSA) is 83.5 Å². The maximum Gasteiger partial charge on any atom is 0.307 e. The summed E-state index contributed by atoms with van der Waals surface area (Å²) >= 11 is 0. The summed E-state index contributed by atoms with van der Waals surface area (Å²) < 4.78 is 26.1. The zero-order valence-corrected chi connectivity index (χ0v) is 11.9. The van der Waals surface area contributed by atoms with E-state index in [-0.39, 0.29) is 12.2 Å². The quantitative estimate of drug-likeness (QED) is 0.803. The third-order valence-corrected chi connectivity index (χ3v) is 3.84. The molecule has 0 saturated carbocycles. The molecule has 0 unspecified atom stereocenters. The third-order valence-electron chi connectivity index (χ3n) is 2.52. The van der Waals surface area contributed by atoms with Gasteiger partial charge in [0, 0.05) is 5.69 Å². The van der Waals surface area contributed by atoms with Gasteiger partial charge in [-0.05, 0) is 30.0 Å². The average molecular weight is 285 g/mol. The second-order valence-electron chi connectivity index (χ2n) is 4.87. The van der Waals surface area contributed by atoms with Crippen LogP contribution in [0, 0.1) is 5.92 Å². The third kappa shape index (κ3) is 6.24. The Morgan fingerprint density at radius 3 is 2.63 bits per heavy atom. The number of hydrogen-bond donors (Lipinski definition) is 2. The Kier molecular flexibility index (Phi) is 5.35. The summed E-state index contributed by atoms with van der Waals surface area (Å²) in [6, 6.07) is 6.44. The summed E-state index contributed by atoms with van der Waals surface area (Å²) in [6.45, 7) is 3.92. The van der Waals surface area contributed by atoms with Crippen LogP contribution in [-0.4, -0.2) is 25.2 Å². The number of carboxylic acid groups (broad SMARTS) is 1. The average Bonchev–Trinajstić information content (AvgIpc) is 2.25. The van der Waals surface area contributed by atoms with Crippen molar-refractivity contribution < 1.29 is 18.3 Å². The van der Waals surface area contributed by atoms with Crippen molar-refractivity contribution in [2.75, 3.05) is 10.5 Å². The lowest BCUT2D eigenvalue weighted by Crippen LogP contribution is -2.18. The van der Waals surface area contributed by atoms with Gasteiger partial charge in [-0.15, -0.1) is 0 Å². The van der Waals surface area contributed by atoms with Gasteiger partial charge in [0.05, 0.1) is 12.2 Å². The predicted octanol–water partition coefficient (Wildman–Crippen LogP) is 2.10. The highest BCUT2D eigenvalue weighted by Gasteiger charge is 2.12. The molecule has 5 nitrogen and oxygen atoms in total. The molecule has 0 spiro atoms. The highest BCUT2D eigenvalue weighted by atomic mass is 32.2. The van der Waals surface area contributed by atoms with E-state index in [0.29, 0.717) is 23.6 Å². The van der Waals surface area contributed by atoms with Crippen LogP contribution < -0.4 is 4.72 Å². The van der Waals surface area contributed by atoms with Crippen molar-refractivity contribution in [3.8, 4) is 0 Å². The van der Waals surface area contributed by atoms with E-state index in [1.54, 1.807) is 24.3 Å². The lowest BCUT2D eigenvalue weighted by molar-refractivity contribution is -0.136. The van der Waals surface area contributed by atoms with Crippen LogP contribution in [0.1, 0.15) is 25.8 Å². The molecule has 106 valence electrons. The maximum atomic E-state index is 11.8. The minimum absolute atomic E-state index is 0.0633. The second kappa shape index (κ2) is 6.56. The molecule has 0 aliphatic heterocycles. The van der Waals surface area contributed by atoms with Gasteiger partial charge in [0.1, 0.15) is 0 Å². The first-order valence-electron chi connectivity index (χ1n) is 6.10. The van der Waals surface area contributed by atoms with Gasteiger partial charge in [0.2, 0.25) is 10.0 Å². The number of carbonyl (C=O) groups is 1. The van der Waals surface area contributed by atoms with E-state index in [4.69, 9.17) is 5.11 Å². The van der Waals surface area contributed by atoms with Gasteiger partial charge in [-0.1, -0.05) is 26.0 Å². The molecular formula is C13H19NO4S. The molecule has 19 heavy (non-hydrogen) atoms. The molecule has 0 bridgehead atoms. The molecule has 0 aromatic heterocycles. The Labute approximate surface area is 113 Å². The van der Waals surface area contributed by atoms with Crippen LogP contribution in [0.15, 0.2) is 24.3 Å². The first-order valence-corrected chi connectivity index (χ1v) is 7.75. The molecule has 0 radical (unpaired) electrons. The number of rotatable bonds is 7. The molecule has 1 aromatic carbocycles. The number of nitrogens with one attached hydrogen (secondary N) is 1. The normalized spacial score (nSPS) is 11.5. The molecule has 1 rings (SSSR count). The van der Waals surface area contributed by atoms with E-state index >= 15 is 0 Å². The van der Waals surface area contributed by atoms with Crippen LogP contribution in [0.4, 0.5) is 5.69 Å². The molecule has 2 N–H and O–H groups in total. The van der Waals surface area contributed by atoms with Crippen LogP contribution in [-0.2, 0) is 21.2 Å². The van der Waals surface area contributed by atoms with Crippen LogP contribution in [0.5, 0.6) is 0 Å². The number of hydrogen-bond acceptors (Lipinski definition) is 3. The molecule has 0 heterocycles. The van der Waals surface area contributed by atoms with Gasteiger partial charge in [-0.25, -0.2) is 8.42 Å². The first-order chi connectivity index (χ1) is 8.78. The molecule has 0 saturated heterocycles. The fourth-order valence-electron chi connectivity index (χ4n) is 1.54. The van der Waals surface area contributed by atoms with Crippen LogP contribution in [0.2, 0.25) is 0 Å². The molecule has 0 fully saturated rings. The molecule has 1 aromatic rings. The minimum atomic E-state index is -3.37. The van der Waals surface area contributed by atoms with E-state index in [1.165, 1.54) is 0 Å². The highest BCUT2D eigenvalue weighted by molar-refractivity contribution is 7.92. The van der Waals surface area contributed by atoms with Gasteiger partial charge < -0.3 is 5.11 Å². The summed E-state index contributed by atoms with van der Waals surface area (Å²) in [4.78, 5) is 10.6. The number of sulfonamides is 1. The van der Waals surface area contributed by atoms with Crippen molar-refractivity contribution in [1.29, 1.82) is 0 Å². The monoisotopic (exact) mass is 285 g/mol. The van der Waals surface area contributed by atoms with Crippen molar-refractivity contribution in [2.45, 2.75) is 26.7 Å². The molecule has 0 aliphatic carbocycles. The van der Waals surface area contributed by atoms with Gasteiger partial charge in [0.25, 0.3) is 0 Å². The molecule has 0 atom stereocenters. The number of aliphatic carboxylic acids is 1. The molecule has 0 amide bonds. The Hall–Kier alpha value is -1.56. The van der Waals surface area contributed by atoms with E-state index < -0.39 is 16.0 Å². The summed E-state index contributed by atoms with van der Waals surface area (Å²) in [5, 5.41) is 8.70. The van der Waals surface area contributed by atoms with E-state index in [1.807, 2.05) is 13.8 Å². The zero-order valence-electron chi connectivity index (χ0n) is 11.1. The standard InChI is InChI=1S/C13H19NO4S/c1-10(2)6-7-19(17,18)14-12-5-3-4-11(8-12)9-13(15)16/h3-5,8,10,14H,6-7,9H2,1-2H3,(H,15,16). The lowest BCUT2D eigenvalue weighted by atomic mass is 10.1. The smallest absolute Gasteiger partial charge is 0.307 e. The van der Waals surface area contributed by atoms with Crippen molar-refractivity contribution in [3.05, 3.63) is 29.8 Å². The Balaban J connectivity index is 2.73. The number of anilines is 1. The Bertz CT molecular complexity index is 537. The lowest BCUT2D eigenvalue weighted by Gasteiger charge is -2.10. The van der Waals surface area contributed by atoms with Crippen molar-refractivity contribution in [3.63, 3.8) is 0 Å². The minimum Gasteiger partial charge on any atom is -0.481 e. The van der Waals surface area contributed by atoms with E-state index in [0.717, 1.165) is 0 Å². The summed E-state index contributed by atoms with van der Waals surface area (Å²) in [5.41, 5.74) is 0.971.